The van der Waals surface area contributed by atoms with Gasteiger partial charge in [-0.1, -0.05) is 0 Å². The molecule has 2 N–H and O–H groups in total. The first kappa shape index (κ1) is 9.88. The Morgan fingerprint density at radius 1 is 1.53 bits per heavy atom. The third-order valence-corrected chi connectivity index (χ3v) is 3.02. The van der Waals surface area contributed by atoms with Crippen LogP contribution in [0.5, 0.6) is 0 Å². The predicted molar refractivity (Wildman–Crippen MR) is 59.0 cm³/mol. The van der Waals surface area contributed by atoms with E-state index in [4.69, 9.17) is 5.11 Å². The molecule has 1 aliphatic heterocycles. The van der Waals surface area contributed by atoms with Gasteiger partial charge < -0.3 is 15.0 Å². The molecule has 0 spiro atoms. The summed E-state index contributed by atoms with van der Waals surface area (Å²) in [7, 11) is 0. The molecule has 2 aromatic heterocycles. The van der Waals surface area contributed by atoms with Crippen molar-refractivity contribution in [2.24, 2.45) is 0 Å². The minimum absolute atomic E-state index is 0.0882. The molecule has 7 heteroatoms. The number of pyridine rings is 1. The maximum absolute atomic E-state index is 11.8. The molecule has 88 valence electrons. The molecular formula is C10H10N4O3. The van der Waals surface area contributed by atoms with Crippen LogP contribution >= 0.6 is 0 Å². The van der Waals surface area contributed by atoms with Crippen LogP contribution in [0.3, 0.4) is 0 Å². The largest absolute Gasteiger partial charge is 0.465 e. The molecule has 0 unspecified atom stereocenters. The monoisotopic (exact) mass is 234 g/mol. The van der Waals surface area contributed by atoms with Gasteiger partial charge in [0, 0.05) is 19.3 Å². The summed E-state index contributed by atoms with van der Waals surface area (Å²) in [6, 6.07) is 1.66. The summed E-state index contributed by atoms with van der Waals surface area (Å²) in [6.45, 7) is 0.703. The molecule has 0 atom stereocenters. The van der Waals surface area contributed by atoms with Crippen molar-refractivity contribution in [3.63, 3.8) is 0 Å². The summed E-state index contributed by atoms with van der Waals surface area (Å²) >= 11 is 0. The van der Waals surface area contributed by atoms with Crippen molar-refractivity contribution in [1.29, 1.82) is 0 Å². The average Bonchev–Trinajstić information content (AvgIpc) is 2.53. The Bertz CT molecular complexity index is 638. The first-order valence-electron chi connectivity index (χ1n) is 5.19. The molecule has 7 nitrogen and oxygen atoms in total. The number of aromatic amines is 1. The Hall–Kier alpha value is -2.31. The van der Waals surface area contributed by atoms with E-state index in [9.17, 15) is 9.59 Å². The van der Waals surface area contributed by atoms with Crippen LogP contribution in [0.25, 0.3) is 11.0 Å². The summed E-state index contributed by atoms with van der Waals surface area (Å²) < 4.78 is 1.59. The van der Waals surface area contributed by atoms with Gasteiger partial charge in [-0.15, -0.1) is 0 Å². The van der Waals surface area contributed by atoms with Gasteiger partial charge in [0.2, 0.25) is 0 Å². The Kier molecular flexibility index (Phi) is 1.94. The number of nitrogens with zero attached hydrogens (tertiary/aromatic N) is 3. The van der Waals surface area contributed by atoms with Crippen molar-refractivity contribution in [3.8, 4) is 0 Å². The van der Waals surface area contributed by atoms with Gasteiger partial charge in [0.15, 0.2) is 0 Å². The van der Waals surface area contributed by atoms with Gasteiger partial charge in [0.25, 0.3) is 0 Å². The number of likely N-dealkylation sites (tertiary alicyclic amines) is 1. The molecule has 0 aliphatic carbocycles. The van der Waals surface area contributed by atoms with Crippen LogP contribution in [-0.2, 0) is 0 Å². The van der Waals surface area contributed by atoms with Crippen molar-refractivity contribution in [2.75, 3.05) is 13.1 Å². The van der Waals surface area contributed by atoms with Gasteiger partial charge in [0.1, 0.15) is 0 Å². The summed E-state index contributed by atoms with van der Waals surface area (Å²) in [5.41, 5.74) is 1.22. The average molecular weight is 234 g/mol. The molecule has 1 aliphatic rings. The summed E-state index contributed by atoms with van der Waals surface area (Å²) in [6.07, 6.45) is 2.25. The van der Waals surface area contributed by atoms with E-state index < -0.39 is 6.09 Å². The zero-order chi connectivity index (χ0) is 12.0. The lowest BCUT2D eigenvalue weighted by atomic mass is 10.1. The Labute approximate surface area is 95.3 Å². The van der Waals surface area contributed by atoms with Gasteiger partial charge in [-0.3, -0.25) is 9.55 Å². The smallest absolute Gasteiger partial charge is 0.407 e. The van der Waals surface area contributed by atoms with E-state index >= 15 is 0 Å². The number of hydrogen-bond donors (Lipinski definition) is 2. The lowest BCUT2D eigenvalue weighted by Crippen LogP contribution is -2.51. The lowest BCUT2D eigenvalue weighted by molar-refractivity contribution is 0.0859. The second-order valence-corrected chi connectivity index (χ2v) is 4.03. The molecular weight excluding hydrogens is 224 g/mol. The molecule has 0 bridgehead atoms. The van der Waals surface area contributed by atoms with Crippen LogP contribution in [-0.4, -0.2) is 43.7 Å². The van der Waals surface area contributed by atoms with E-state index in [0.717, 1.165) is 5.52 Å². The van der Waals surface area contributed by atoms with Crippen LogP contribution in [0.4, 0.5) is 4.79 Å². The number of carboxylic acid groups (broad SMARTS) is 1. The maximum Gasteiger partial charge on any atom is 0.407 e. The summed E-state index contributed by atoms with van der Waals surface area (Å²) in [5, 5.41) is 8.75. The van der Waals surface area contributed by atoms with Crippen molar-refractivity contribution in [2.45, 2.75) is 6.04 Å². The highest BCUT2D eigenvalue weighted by Gasteiger charge is 2.33. The highest BCUT2D eigenvalue weighted by atomic mass is 16.4. The molecule has 2 aromatic rings. The van der Waals surface area contributed by atoms with E-state index in [-0.39, 0.29) is 11.7 Å². The van der Waals surface area contributed by atoms with Crippen LogP contribution in [0.1, 0.15) is 6.04 Å². The van der Waals surface area contributed by atoms with Crippen LogP contribution in [0.15, 0.2) is 23.3 Å². The van der Waals surface area contributed by atoms with Gasteiger partial charge >= 0.3 is 11.8 Å². The number of imidazole rings is 1. The highest BCUT2D eigenvalue weighted by Crippen LogP contribution is 2.23. The summed E-state index contributed by atoms with van der Waals surface area (Å²) in [4.78, 5) is 30.3. The van der Waals surface area contributed by atoms with E-state index in [1.807, 2.05) is 0 Å². The SMILES string of the molecule is O=C(O)N1CC(n2c(=O)[nH]c3cnccc32)C1. The fourth-order valence-electron chi connectivity index (χ4n) is 2.12. The zero-order valence-electron chi connectivity index (χ0n) is 8.83. The normalized spacial score (nSPS) is 16.1. The predicted octanol–water partition coefficient (Wildman–Crippen LogP) is 0.259. The van der Waals surface area contributed by atoms with Gasteiger partial charge in [-0.2, -0.15) is 0 Å². The van der Waals surface area contributed by atoms with Crippen molar-refractivity contribution < 1.29 is 9.90 Å². The number of amides is 1. The first-order valence-corrected chi connectivity index (χ1v) is 5.19. The second kappa shape index (κ2) is 3.34. The summed E-state index contributed by atoms with van der Waals surface area (Å²) in [5.74, 6) is 0. The van der Waals surface area contributed by atoms with E-state index in [2.05, 4.69) is 9.97 Å². The second-order valence-electron chi connectivity index (χ2n) is 4.03. The molecule has 0 radical (unpaired) electrons. The molecule has 1 amide bonds. The molecule has 3 rings (SSSR count). The third-order valence-electron chi connectivity index (χ3n) is 3.02. The number of nitrogens with one attached hydrogen (secondary N) is 1. The van der Waals surface area contributed by atoms with Crippen LogP contribution in [0.2, 0.25) is 0 Å². The fraction of sp³-hybridized carbons (Fsp3) is 0.300. The molecule has 0 saturated carbocycles. The number of aromatic nitrogens is 3. The first-order chi connectivity index (χ1) is 8.16. The van der Waals surface area contributed by atoms with E-state index in [1.54, 1.807) is 23.0 Å². The molecule has 1 fully saturated rings. The maximum atomic E-state index is 11.8. The van der Waals surface area contributed by atoms with Crippen molar-refractivity contribution in [3.05, 3.63) is 28.9 Å². The van der Waals surface area contributed by atoms with Crippen molar-refractivity contribution in [1.82, 2.24) is 19.4 Å². The number of hydrogen-bond acceptors (Lipinski definition) is 3. The van der Waals surface area contributed by atoms with Crippen molar-refractivity contribution >= 4 is 17.1 Å². The Morgan fingerprint density at radius 3 is 3.00 bits per heavy atom. The van der Waals surface area contributed by atoms with Crippen LogP contribution in [0, 0.1) is 0 Å². The van der Waals surface area contributed by atoms with Gasteiger partial charge in [-0.25, -0.2) is 9.59 Å². The molecule has 17 heavy (non-hydrogen) atoms. The fourth-order valence-corrected chi connectivity index (χ4v) is 2.12. The van der Waals surface area contributed by atoms with Crippen LogP contribution < -0.4 is 5.69 Å². The number of H-pyrrole nitrogens is 1. The quantitative estimate of drug-likeness (QED) is 0.740. The Morgan fingerprint density at radius 2 is 2.29 bits per heavy atom. The third kappa shape index (κ3) is 1.39. The minimum atomic E-state index is -0.948. The highest BCUT2D eigenvalue weighted by molar-refractivity contribution is 5.74. The number of carbonyl (C=O) groups is 1. The number of rotatable bonds is 1. The molecule has 0 aromatic carbocycles. The molecule has 1 saturated heterocycles. The number of fused-ring (bicyclic) bond motifs is 1. The Balaban J connectivity index is 1.99. The zero-order valence-corrected chi connectivity index (χ0v) is 8.83. The van der Waals surface area contributed by atoms with E-state index in [0.29, 0.717) is 18.6 Å². The lowest BCUT2D eigenvalue weighted by Gasteiger charge is -2.37. The van der Waals surface area contributed by atoms with E-state index in [1.165, 1.54) is 4.90 Å². The van der Waals surface area contributed by atoms with Gasteiger partial charge in [0.05, 0.1) is 23.3 Å². The standard InChI is InChI=1S/C10H10N4O3/c15-9-12-7-3-11-2-1-8(7)14(9)6-4-13(5-6)10(16)17/h1-3,6H,4-5H2,(H,12,15)(H,16,17). The minimum Gasteiger partial charge on any atom is -0.465 e. The topological polar surface area (TPSA) is 91.2 Å². The molecule has 3 heterocycles. The van der Waals surface area contributed by atoms with Gasteiger partial charge in [-0.05, 0) is 6.07 Å².